The first-order valence-electron chi connectivity index (χ1n) is 5.70. The molecule has 8 nitrogen and oxygen atoms in total. The Morgan fingerprint density at radius 2 is 2.21 bits per heavy atom. The molecule has 1 aromatic heterocycles. The lowest BCUT2D eigenvalue weighted by Crippen LogP contribution is -2.42. The second-order valence-corrected chi connectivity index (χ2v) is 6.21. The molecule has 1 atom stereocenters. The first kappa shape index (κ1) is 13.8. The molecule has 0 aliphatic carbocycles. The van der Waals surface area contributed by atoms with Crippen LogP contribution in [0.15, 0.2) is 23.2 Å². The Bertz CT molecular complexity index is 571. The van der Waals surface area contributed by atoms with Crippen LogP contribution in [0.4, 0.5) is 5.82 Å². The molecule has 1 saturated heterocycles. The molecule has 1 fully saturated rings. The number of β-amino-alcohol motifs (C(OH)–C–C–N with tert-alkyl or cyclic N) is 1. The summed E-state index contributed by atoms with van der Waals surface area (Å²) in [4.78, 5) is 13.1. The summed E-state index contributed by atoms with van der Waals surface area (Å²) in [5, 5.41) is 20.0. The molecule has 1 N–H and O–H groups in total. The van der Waals surface area contributed by atoms with Crippen LogP contribution in [0.1, 0.15) is 12.8 Å². The van der Waals surface area contributed by atoms with E-state index in [0.29, 0.717) is 19.4 Å². The predicted molar refractivity (Wildman–Crippen MR) is 64.9 cm³/mol. The normalized spacial score (nSPS) is 21.2. The van der Waals surface area contributed by atoms with Gasteiger partial charge in [-0.15, -0.1) is 0 Å². The maximum Gasteiger partial charge on any atom is 0.363 e. The molecule has 0 saturated carbocycles. The van der Waals surface area contributed by atoms with Crippen LogP contribution < -0.4 is 0 Å². The number of aliphatic hydroxyl groups excluding tert-OH is 1. The van der Waals surface area contributed by atoms with Crippen molar-refractivity contribution >= 4 is 15.8 Å². The van der Waals surface area contributed by atoms with E-state index in [2.05, 4.69) is 4.98 Å². The maximum absolute atomic E-state index is 12.2. The van der Waals surface area contributed by atoms with Crippen LogP contribution in [0, 0.1) is 10.1 Å². The van der Waals surface area contributed by atoms with Crippen molar-refractivity contribution in [3.05, 3.63) is 28.4 Å². The summed E-state index contributed by atoms with van der Waals surface area (Å²) >= 11 is 0. The highest BCUT2D eigenvalue weighted by Crippen LogP contribution is 2.21. The van der Waals surface area contributed by atoms with Crippen LogP contribution in [0.25, 0.3) is 0 Å². The van der Waals surface area contributed by atoms with Crippen molar-refractivity contribution in [2.45, 2.75) is 23.8 Å². The summed E-state index contributed by atoms with van der Waals surface area (Å²) in [7, 11) is -3.75. The Labute approximate surface area is 109 Å². The third-order valence-corrected chi connectivity index (χ3v) is 4.75. The smallest absolute Gasteiger partial charge is 0.363 e. The van der Waals surface area contributed by atoms with Gasteiger partial charge in [0.25, 0.3) is 0 Å². The molecule has 104 valence electrons. The minimum atomic E-state index is -3.75. The maximum atomic E-state index is 12.2. The van der Waals surface area contributed by atoms with Gasteiger partial charge in [0.2, 0.25) is 10.0 Å². The fraction of sp³-hybridized carbons (Fsp3) is 0.500. The van der Waals surface area contributed by atoms with E-state index in [-0.39, 0.29) is 11.4 Å². The molecule has 2 heterocycles. The summed E-state index contributed by atoms with van der Waals surface area (Å²) in [6.45, 7) is 0.371. The lowest BCUT2D eigenvalue weighted by atomic mass is 10.1. The quantitative estimate of drug-likeness (QED) is 0.624. The van der Waals surface area contributed by atoms with Gasteiger partial charge >= 0.3 is 5.82 Å². The summed E-state index contributed by atoms with van der Waals surface area (Å²) in [5.74, 6) is -0.405. The van der Waals surface area contributed by atoms with Crippen molar-refractivity contribution in [3.8, 4) is 0 Å². The average Bonchev–Trinajstić information content (AvgIpc) is 2.39. The molecular weight excluding hydrogens is 274 g/mol. The SMILES string of the molecule is O=[N+]([O-])c1ccc(S(=O)(=O)N2CCCC(O)C2)cn1. The number of sulfonamides is 1. The van der Waals surface area contributed by atoms with Gasteiger partial charge in [0.05, 0.1) is 6.10 Å². The minimum absolute atomic E-state index is 0.0410. The number of rotatable bonds is 3. The van der Waals surface area contributed by atoms with Gasteiger partial charge in [-0.1, -0.05) is 0 Å². The van der Waals surface area contributed by atoms with E-state index in [1.54, 1.807) is 0 Å². The van der Waals surface area contributed by atoms with E-state index in [0.717, 1.165) is 18.3 Å². The second-order valence-electron chi connectivity index (χ2n) is 4.27. The number of piperidine rings is 1. The van der Waals surface area contributed by atoms with E-state index in [1.165, 1.54) is 4.31 Å². The predicted octanol–water partition coefficient (Wildman–Crippen LogP) is 0.135. The highest BCUT2D eigenvalue weighted by atomic mass is 32.2. The van der Waals surface area contributed by atoms with Crippen molar-refractivity contribution in [3.63, 3.8) is 0 Å². The summed E-state index contributed by atoms with van der Waals surface area (Å²) in [6.07, 6.45) is 1.45. The van der Waals surface area contributed by atoms with Gasteiger partial charge in [0.15, 0.2) is 6.20 Å². The summed E-state index contributed by atoms with van der Waals surface area (Å²) in [5.41, 5.74) is 0. The van der Waals surface area contributed by atoms with Crippen LogP contribution in [0.5, 0.6) is 0 Å². The number of aliphatic hydroxyl groups is 1. The van der Waals surface area contributed by atoms with Crippen molar-refractivity contribution in [2.75, 3.05) is 13.1 Å². The molecule has 9 heteroatoms. The highest BCUT2D eigenvalue weighted by Gasteiger charge is 2.30. The van der Waals surface area contributed by atoms with Crippen LogP contribution in [-0.2, 0) is 10.0 Å². The molecule has 1 aliphatic heterocycles. The molecule has 0 spiro atoms. The summed E-state index contributed by atoms with van der Waals surface area (Å²) in [6, 6.07) is 2.20. The van der Waals surface area contributed by atoms with Crippen molar-refractivity contribution < 1.29 is 18.4 Å². The fourth-order valence-electron chi connectivity index (χ4n) is 1.92. The van der Waals surface area contributed by atoms with E-state index >= 15 is 0 Å². The van der Waals surface area contributed by atoms with Gasteiger partial charge in [-0.3, -0.25) is 0 Å². The van der Waals surface area contributed by atoms with Gasteiger partial charge in [-0.25, -0.2) is 8.42 Å². The fourth-order valence-corrected chi connectivity index (χ4v) is 3.38. The van der Waals surface area contributed by atoms with Crippen LogP contribution in [-0.4, -0.2) is 46.9 Å². The Hall–Kier alpha value is -1.58. The van der Waals surface area contributed by atoms with E-state index in [9.17, 15) is 23.6 Å². The first-order chi connectivity index (χ1) is 8.91. The largest absolute Gasteiger partial charge is 0.392 e. The van der Waals surface area contributed by atoms with Gasteiger partial charge in [-0.2, -0.15) is 4.31 Å². The monoisotopic (exact) mass is 287 g/mol. The van der Waals surface area contributed by atoms with Crippen molar-refractivity contribution in [2.24, 2.45) is 0 Å². The number of hydrogen-bond donors (Lipinski definition) is 1. The standard InChI is InChI=1S/C10H13N3O5S/c14-8-2-1-5-12(7-8)19(17,18)9-3-4-10(11-6-9)13(15)16/h3-4,6,8,14H,1-2,5,7H2. The van der Waals surface area contributed by atoms with E-state index in [4.69, 9.17) is 0 Å². The van der Waals surface area contributed by atoms with Crippen molar-refractivity contribution in [1.82, 2.24) is 9.29 Å². The number of nitro groups is 1. The summed E-state index contributed by atoms with van der Waals surface area (Å²) < 4.78 is 25.6. The zero-order chi connectivity index (χ0) is 14.0. The second kappa shape index (κ2) is 5.19. The van der Waals surface area contributed by atoms with E-state index in [1.807, 2.05) is 0 Å². The molecule has 1 unspecified atom stereocenters. The number of hydrogen-bond acceptors (Lipinski definition) is 6. The lowest BCUT2D eigenvalue weighted by molar-refractivity contribution is -0.389. The molecule has 1 aromatic rings. The van der Waals surface area contributed by atoms with E-state index < -0.39 is 26.9 Å². The molecule has 1 aliphatic rings. The highest BCUT2D eigenvalue weighted by molar-refractivity contribution is 7.89. The zero-order valence-electron chi connectivity index (χ0n) is 9.97. The molecule has 0 bridgehead atoms. The third-order valence-electron chi connectivity index (χ3n) is 2.90. The Kier molecular flexibility index (Phi) is 3.78. The lowest BCUT2D eigenvalue weighted by Gasteiger charge is -2.28. The minimum Gasteiger partial charge on any atom is -0.392 e. The Morgan fingerprint density at radius 1 is 1.47 bits per heavy atom. The number of aromatic nitrogens is 1. The van der Waals surface area contributed by atoms with Gasteiger partial charge in [-0.05, 0) is 28.8 Å². The molecule has 0 aromatic carbocycles. The zero-order valence-corrected chi connectivity index (χ0v) is 10.8. The topological polar surface area (TPSA) is 114 Å². The first-order valence-corrected chi connectivity index (χ1v) is 7.14. The van der Waals surface area contributed by atoms with Crippen molar-refractivity contribution in [1.29, 1.82) is 0 Å². The Morgan fingerprint density at radius 3 is 2.74 bits per heavy atom. The molecule has 19 heavy (non-hydrogen) atoms. The molecule has 0 radical (unpaired) electrons. The number of nitrogens with zero attached hydrogens (tertiary/aromatic N) is 3. The van der Waals surface area contributed by atoms with Gasteiger partial charge in [0.1, 0.15) is 4.90 Å². The molecular formula is C10H13N3O5S. The molecule has 0 amide bonds. The molecule has 2 rings (SSSR count). The Balaban J connectivity index is 2.26. The van der Waals surface area contributed by atoms with Gasteiger partial charge in [0, 0.05) is 19.2 Å². The average molecular weight is 287 g/mol. The third kappa shape index (κ3) is 2.88. The van der Waals surface area contributed by atoms with Crippen LogP contribution in [0.3, 0.4) is 0 Å². The van der Waals surface area contributed by atoms with Crippen LogP contribution >= 0.6 is 0 Å². The number of pyridine rings is 1. The van der Waals surface area contributed by atoms with Gasteiger partial charge < -0.3 is 15.2 Å². The van der Waals surface area contributed by atoms with Crippen LogP contribution in [0.2, 0.25) is 0 Å².